The van der Waals surface area contributed by atoms with Crippen molar-refractivity contribution in [3.8, 4) is 12.3 Å². The van der Waals surface area contributed by atoms with Crippen LogP contribution in [-0.4, -0.2) is 11.0 Å². The first-order chi connectivity index (χ1) is 6.54. The highest BCUT2D eigenvalue weighted by molar-refractivity contribution is 7.11. The first-order valence-electron chi connectivity index (χ1n) is 4.70. The zero-order chi connectivity index (χ0) is 10.7. The fraction of sp³-hybridized carbons (Fsp3) is 0.545. The second-order valence-electron chi connectivity index (χ2n) is 3.46. The lowest BCUT2D eigenvalue weighted by molar-refractivity contribution is 0.550. The van der Waals surface area contributed by atoms with E-state index in [1.54, 1.807) is 11.3 Å². The van der Waals surface area contributed by atoms with Gasteiger partial charge in [-0.25, -0.2) is 4.98 Å². The molecule has 2 unspecified atom stereocenters. The molecule has 3 heteroatoms. The molecule has 0 spiro atoms. The lowest BCUT2D eigenvalue weighted by Crippen LogP contribution is -2.27. The summed E-state index contributed by atoms with van der Waals surface area (Å²) in [4.78, 5) is 5.67. The first-order valence-corrected chi connectivity index (χ1v) is 5.52. The molecule has 0 aromatic carbocycles. The van der Waals surface area contributed by atoms with E-state index < -0.39 is 0 Å². The smallest absolute Gasteiger partial charge is 0.0900 e. The molecule has 0 radical (unpaired) electrons. The summed E-state index contributed by atoms with van der Waals surface area (Å²) in [6, 6.07) is 0.388. The SMILES string of the molecule is C#CC(C)NC(C)c1sc(C)nc1C. The molecule has 1 aromatic heterocycles. The van der Waals surface area contributed by atoms with E-state index in [0.717, 1.165) is 10.7 Å². The van der Waals surface area contributed by atoms with Crippen molar-refractivity contribution in [2.24, 2.45) is 0 Å². The molecule has 1 rings (SSSR count). The van der Waals surface area contributed by atoms with Gasteiger partial charge in [-0.3, -0.25) is 5.32 Å². The van der Waals surface area contributed by atoms with Crippen LogP contribution in [0, 0.1) is 26.2 Å². The Bertz CT molecular complexity index is 349. The predicted molar refractivity (Wildman–Crippen MR) is 61.4 cm³/mol. The molecule has 14 heavy (non-hydrogen) atoms. The van der Waals surface area contributed by atoms with Crippen LogP contribution in [0.15, 0.2) is 0 Å². The van der Waals surface area contributed by atoms with Crippen molar-refractivity contribution >= 4 is 11.3 Å². The predicted octanol–water partition coefficient (Wildman–Crippen LogP) is 2.43. The molecule has 0 aliphatic carbocycles. The maximum Gasteiger partial charge on any atom is 0.0900 e. The molecule has 0 aliphatic heterocycles. The molecule has 0 bridgehead atoms. The fourth-order valence-electron chi connectivity index (χ4n) is 1.45. The molecule has 1 aromatic rings. The third kappa shape index (κ3) is 2.57. The zero-order valence-electron chi connectivity index (χ0n) is 9.09. The van der Waals surface area contributed by atoms with Crippen molar-refractivity contribution in [2.45, 2.75) is 39.8 Å². The van der Waals surface area contributed by atoms with Gasteiger partial charge in [-0.2, -0.15) is 0 Å². The van der Waals surface area contributed by atoms with E-state index in [1.807, 2.05) is 20.8 Å². The van der Waals surface area contributed by atoms with Crippen LogP contribution in [-0.2, 0) is 0 Å². The number of aryl methyl sites for hydroxylation is 2. The summed E-state index contributed by atoms with van der Waals surface area (Å²) in [6.45, 7) is 8.17. The monoisotopic (exact) mass is 208 g/mol. The quantitative estimate of drug-likeness (QED) is 0.772. The number of hydrogen-bond donors (Lipinski definition) is 1. The summed E-state index contributed by atoms with van der Waals surface area (Å²) in [5.41, 5.74) is 1.11. The highest BCUT2D eigenvalue weighted by atomic mass is 32.1. The molecule has 0 saturated heterocycles. The van der Waals surface area contributed by atoms with Crippen LogP contribution in [0.1, 0.15) is 35.5 Å². The van der Waals surface area contributed by atoms with Gasteiger partial charge in [-0.1, -0.05) is 5.92 Å². The molecule has 0 aliphatic rings. The van der Waals surface area contributed by atoms with E-state index in [2.05, 4.69) is 23.1 Å². The van der Waals surface area contributed by atoms with Crippen LogP contribution in [0.2, 0.25) is 0 Å². The summed E-state index contributed by atoms with van der Waals surface area (Å²) in [5, 5.41) is 4.44. The van der Waals surface area contributed by atoms with Crippen molar-refractivity contribution in [1.82, 2.24) is 10.3 Å². The van der Waals surface area contributed by atoms with Crippen molar-refractivity contribution in [1.29, 1.82) is 0 Å². The average molecular weight is 208 g/mol. The largest absolute Gasteiger partial charge is 0.296 e. The van der Waals surface area contributed by atoms with Crippen molar-refractivity contribution < 1.29 is 0 Å². The lowest BCUT2D eigenvalue weighted by Gasteiger charge is -2.14. The number of terminal acetylenes is 1. The van der Waals surface area contributed by atoms with Gasteiger partial charge in [0.1, 0.15) is 0 Å². The Morgan fingerprint density at radius 2 is 2.07 bits per heavy atom. The minimum Gasteiger partial charge on any atom is -0.296 e. The van der Waals surface area contributed by atoms with E-state index in [4.69, 9.17) is 6.42 Å². The van der Waals surface area contributed by atoms with Crippen LogP contribution >= 0.6 is 11.3 Å². The fourth-order valence-corrected chi connectivity index (χ4v) is 2.39. The number of nitrogens with zero attached hydrogens (tertiary/aromatic N) is 1. The molecule has 0 amide bonds. The number of rotatable bonds is 3. The van der Waals surface area contributed by atoms with Gasteiger partial charge in [0, 0.05) is 10.9 Å². The summed E-state index contributed by atoms with van der Waals surface area (Å²) < 4.78 is 0. The normalized spacial score (nSPS) is 14.8. The van der Waals surface area contributed by atoms with E-state index in [1.165, 1.54) is 4.88 Å². The van der Waals surface area contributed by atoms with E-state index >= 15 is 0 Å². The molecule has 0 fully saturated rings. The number of nitrogens with one attached hydrogen (secondary N) is 1. The maximum atomic E-state index is 5.32. The molecular formula is C11H16N2S. The van der Waals surface area contributed by atoms with Gasteiger partial charge in [0.15, 0.2) is 0 Å². The Balaban J connectivity index is 2.75. The summed E-state index contributed by atoms with van der Waals surface area (Å²) in [6.07, 6.45) is 5.32. The Labute approximate surface area is 89.8 Å². The Morgan fingerprint density at radius 3 is 2.50 bits per heavy atom. The Hall–Kier alpha value is -0.850. The summed E-state index contributed by atoms with van der Waals surface area (Å²) >= 11 is 1.73. The third-order valence-corrected chi connectivity index (χ3v) is 3.34. The van der Waals surface area contributed by atoms with Crippen LogP contribution in [0.25, 0.3) is 0 Å². The van der Waals surface area contributed by atoms with E-state index in [9.17, 15) is 0 Å². The highest BCUT2D eigenvalue weighted by Crippen LogP contribution is 2.24. The summed E-state index contributed by atoms with van der Waals surface area (Å²) in [7, 11) is 0. The second-order valence-corrected chi connectivity index (χ2v) is 4.69. The van der Waals surface area contributed by atoms with E-state index in [0.29, 0.717) is 0 Å². The molecule has 2 nitrogen and oxygen atoms in total. The molecule has 1 heterocycles. The Kier molecular flexibility index (Phi) is 3.68. The van der Waals surface area contributed by atoms with Crippen molar-refractivity contribution in [3.63, 3.8) is 0 Å². The average Bonchev–Trinajstić information content (AvgIpc) is 2.45. The standard InChI is InChI=1S/C11H16N2S/c1-6-7(2)12-8(3)11-9(4)13-10(5)14-11/h1,7-8,12H,2-5H3. The minimum atomic E-state index is 0.104. The molecule has 0 saturated carbocycles. The number of hydrogen-bond acceptors (Lipinski definition) is 3. The van der Waals surface area contributed by atoms with Gasteiger partial charge >= 0.3 is 0 Å². The first kappa shape index (κ1) is 11.2. The third-order valence-electron chi connectivity index (χ3n) is 2.08. The zero-order valence-corrected chi connectivity index (χ0v) is 9.90. The topological polar surface area (TPSA) is 24.9 Å². The van der Waals surface area contributed by atoms with Gasteiger partial charge in [0.25, 0.3) is 0 Å². The van der Waals surface area contributed by atoms with Gasteiger partial charge in [-0.05, 0) is 27.7 Å². The Morgan fingerprint density at radius 1 is 1.43 bits per heavy atom. The molecule has 76 valence electrons. The van der Waals surface area contributed by atoms with E-state index in [-0.39, 0.29) is 12.1 Å². The van der Waals surface area contributed by atoms with Gasteiger partial charge < -0.3 is 0 Å². The van der Waals surface area contributed by atoms with Crippen LogP contribution in [0.4, 0.5) is 0 Å². The van der Waals surface area contributed by atoms with Crippen molar-refractivity contribution in [2.75, 3.05) is 0 Å². The highest BCUT2D eigenvalue weighted by Gasteiger charge is 2.13. The van der Waals surface area contributed by atoms with Crippen molar-refractivity contribution in [3.05, 3.63) is 15.6 Å². The van der Waals surface area contributed by atoms with Gasteiger partial charge in [0.2, 0.25) is 0 Å². The van der Waals surface area contributed by atoms with Crippen LogP contribution < -0.4 is 5.32 Å². The van der Waals surface area contributed by atoms with Gasteiger partial charge in [0.05, 0.1) is 16.7 Å². The molecule has 1 N–H and O–H groups in total. The van der Waals surface area contributed by atoms with Crippen LogP contribution in [0.3, 0.4) is 0 Å². The number of thiazole rings is 1. The lowest BCUT2D eigenvalue weighted by atomic mass is 10.2. The second kappa shape index (κ2) is 4.59. The number of aromatic nitrogens is 1. The van der Waals surface area contributed by atoms with Gasteiger partial charge in [-0.15, -0.1) is 17.8 Å². The molecule has 2 atom stereocenters. The van der Waals surface area contributed by atoms with Crippen LogP contribution in [0.5, 0.6) is 0 Å². The minimum absolute atomic E-state index is 0.104. The maximum absolute atomic E-state index is 5.32. The summed E-state index contributed by atoms with van der Waals surface area (Å²) in [5.74, 6) is 2.66. The molecular weight excluding hydrogens is 192 g/mol.